The number of anilines is 1. The van der Waals surface area contributed by atoms with Crippen molar-refractivity contribution in [3.8, 4) is 0 Å². The fourth-order valence-electron chi connectivity index (χ4n) is 2.79. The summed E-state index contributed by atoms with van der Waals surface area (Å²) in [5.74, 6) is -0.729. The van der Waals surface area contributed by atoms with E-state index in [4.69, 9.17) is 5.73 Å². The maximum atomic E-state index is 12.2. The Morgan fingerprint density at radius 3 is 2.67 bits per heavy atom. The average Bonchev–Trinajstić information content (AvgIpc) is 3.13. The zero-order valence-corrected chi connectivity index (χ0v) is 14.9. The number of aryl methyl sites for hydroxylation is 1. The van der Waals surface area contributed by atoms with Crippen molar-refractivity contribution < 1.29 is 9.59 Å². The van der Waals surface area contributed by atoms with Gasteiger partial charge >= 0.3 is 0 Å². The van der Waals surface area contributed by atoms with Crippen LogP contribution in [0.2, 0.25) is 0 Å². The highest BCUT2D eigenvalue weighted by Crippen LogP contribution is 2.38. The molecule has 4 nitrogen and oxygen atoms in total. The highest BCUT2D eigenvalue weighted by molar-refractivity contribution is 7.98. The number of benzene rings is 1. The van der Waals surface area contributed by atoms with Gasteiger partial charge in [-0.2, -0.15) is 0 Å². The van der Waals surface area contributed by atoms with E-state index in [-0.39, 0.29) is 5.91 Å². The van der Waals surface area contributed by atoms with E-state index in [0.29, 0.717) is 10.6 Å². The van der Waals surface area contributed by atoms with Crippen molar-refractivity contribution in [1.29, 1.82) is 0 Å². The predicted molar refractivity (Wildman–Crippen MR) is 101 cm³/mol. The summed E-state index contributed by atoms with van der Waals surface area (Å²) in [5, 5.41) is 3.37. The van der Waals surface area contributed by atoms with Gasteiger partial charge in [-0.3, -0.25) is 9.59 Å². The first kappa shape index (κ1) is 16.8. The number of nitrogens with one attached hydrogen (secondary N) is 1. The van der Waals surface area contributed by atoms with Gasteiger partial charge in [-0.15, -0.1) is 23.1 Å². The molecule has 0 spiro atoms. The van der Waals surface area contributed by atoms with Crippen molar-refractivity contribution in [3.63, 3.8) is 0 Å². The third kappa shape index (κ3) is 3.55. The Labute approximate surface area is 149 Å². The molecule has 0 atom stereocenters. The molecule has 1 aromatic carbocycles. The number of nitrogens with two attached hydrogens (primary N) is 1. The number of amides is 2. The van der Waals surface area contributed by atoms with Gasteiger partial charge in [0.15, 0.2) is 0 Å². The van der Waals surface area contributed by atoms with Gasteiger partial charge in [0.2, 0.25) is 5.91 Å². The molecule has 0 radical (unpaired) electrons. The summed E-state index contributed by atoms with van der Waals surface area (Å²) >= 11 is 3.14. The first-order valence-corrected chi connectivity index (χ1v) is 9.70. The topological polar surface area (TPSA) is 72.2 Å². The molecule has 2 amide bonds. The third-order valence-corrected chi connectivity index (χ3v) is 5.90. The third-order valence-electron chi connectivity index (χ3n) is 3.95. The minimum Gasteiger partial charge on any atom is -0.365 e. The molecule has 1 aliphatic rings. The van der Waals surface area contributed by atoms with Crippen LogP contribution in [0.1, 0.15) is 32.8 Å². The molecule has 3 N–H and O–H groups in total. The molecule has 1 aromatic heterocycles. The Hall–Kier alpha value is -2.05. The second kappa shape index (κ2) is 7.23. The minimum atomic E-state index is -0.471. The van der Waals surface area contributed by atoms with Crippen LogP contribution < -0.4 is 11.1 Å². The first-order valence-electron chi connectivity index (χ1n) is 7.66. The number of thioether (sulfide) groups is 1. The molecule has 0 bridgehead atoms. The first-order chi connectivity index (χ1) is 11.6. The molecular formula is C18H18N2O2S2. The predicted octanol–water partition coefficient (Wildman–Crippen LogP) is 3.71. The summed E-state index contributed by atoms with van der Waals surface area (Å²) in [5.41, 5.74) is 7.95. The highest BCUT2D eigenvalue weighted by atomic mass is 32.2. The van der Waals surface area contributed by atoms with Crippen LogP contribution in [0.5, 0.6) is 0 Å². The van der Waals surface area contributed by atoms with E-state index in [1.807, 2.05) is 30.5 Å². The van der Waals surface area contributed by atoms with Gasteiger partial charge in [-0.05, 0) is 54.9 Å². The Morgan fingerprint density at radius 2 is 2.00 bits per heavy atom. The lowest BCUT2D eigenvalue weighted by Crippen LogP contribution is -2.16. The fraction of sp³-hybridized carbons (Fsp3) is 0.222. The van der Waals surface area contributed by atoms with E-state index < -0.39 is 5.91 Å². The average molecular weight is 358 g/mol. The lowest BCUT2D eigenvalue weighted by atomic mass is 10.1. The van der Waals surface area contributed by atoms with Gasteiger partial charge in [0.05, 0.1) is 5.56 Å². The molecule has 24 heavy (non-hydrogen) atoms. The number of carbonyl (C=O) groups is 2. The number of thiophene rings is 1. The van der Waals surface area contributed by atoms with E-state index in [2.05, 4.69) is 5.32 Å². The molecule has 6 heteroatoms. The quantitative estimate of drug-likeness (QED) is 0.632. The van der Waals surface area contributed by atoms with E-state index in [9.17, 15) is 9.59 Å². The van der Waals surface area contributed by atoms with Crippen molar-refractivity contribution >= 4 is 46.0 Å². The largest absolute Gasteiger partial charge is 0.365 e. The van der Waals surface area contributed by atoms with E-state index in [1.54, 1.807) is 17.8 Å². The molecule has 1 aliphatic carbocycles. The maximum Gasteiger partial charge on any atom is 0.251 e. The molecule has 124 valence electrons. The van der Waals surface area contributed by atoms with Crippen LogP contribution in [0.3, 0.4) is 0 Å². The number of carbonyl (C=O) groups excluding carboxylic acids is 2. The standard InChI is InChI=1S/C18H18N2O2S2/c1-23-12-8-5-11(6-9-12)7-10-15(21)20-18-16(17(19)22)13-3-2-4-14(13)24-18/h5-10H,2-4H2,1H3,(H2,19,22)(H,20,21)/b10-7+. The van der Waals surface area contributed by atoms with Crippen LogP contribution in [0, 0.1) is 0 Å². The fourth-order valence-corrected chi connectivity index (χ4v) is 4.50. The van der Waals surface area contributed by atoms with Crippen molar-refractivity contribution in [1.82, 2.24) is 0 Å². The number of hydrogen-bond donors (Lipinski definition) is 2. The van der Waals surface area contributed by atoms with E-state index in [1.165, 1.54) is 22.3 Å². The van der Waals surface area contributed by atoms with Crippen LogP contribution in [0.15, 0.2) is 35.2 Å². The van der Waals surface area contributed by atoms with Crippen molar-refractivity contribution in [2.75, 3.05) is 11.6 Å². The summed E-state index contributed by atoms with van der Waals surface area (Å²) in [6, 6.07) is 7.95. The van der Waals surface area contributed by atoms with Gasteiger partial charge in [0, 0.05) is 15.8 Å². The van der Waals surface area contributed by atoms with Gasteiger partial charge in [-0.1, -0.05) is 12.1 Å². The van der Waals surface area contributed by atoms with E-state index in [0.717, 1.165) is 35.3 Å². The molecule has 0 saturated carbocycles. The van der Waals surface area contributed by atoms with Crippen LogP contribution >= 0.6 is 23.1 Å². The van der Waals surface area contributed by atoms with E-state index >= 15 is 0 Å². The SMILES string of the molecule is CSc1ccc(/C=C/C(=O)Nc2sc3c(c2C(N)=O)CCC3)cc1. The molecule has 3 rings (SSSR count). The Balaban J connectivity index is 1.73. The van der Waals surface area contributed by atoms with Crippen molar-refractivity contribution in [2.45, 2.75) is 24.2 Å². The van der Waals surface area contributed by atoms with Crippen LogP contribution in [0.25, 0.3) is 6.08 Å². The van der Waals surface area contributed by atoms with Gasteiger partial charge in [0.1, 0.15) is 5.00 Å². The second-order valence-electron chi connectivity index (χ2n) is 5.52. The Kier molecular flexibility index (Phi) is 5.06. The summed E-state index contributed by atoms with van der Waals surface area (Å²) in [6.07, 6.45) is 8.11. The summed E-state index contributed by atoms with van der Waals surface area (Å²) in [6.45, 7) is 0. The monoisotopic (exact) mass is 358 g/mol. The van der Waals surface area contributed by atoms with Crippen LogP contribution in [0.4, 0.5) is 5.00 Å². The number of hydrogen-bond acceptors (Lipinski definition) is 4. The molecular weight excluding hydrogens is 340 g/mol. The van der Waals surface area contributed by atoms with Gasteiger partial charge in [0.25, 0.3) is 5.91 Å². The van der Waals surface area contributed by atoms with Crippen molar-refractivity contribution in [2.24, 2.45) is 5.73 Å². The normalized spacial score (nSPS) is 13.2. The summed E-state index contributed by atoms with van der Waals surface area (Å²) in [7, 11) is 0. The maximum absolute atomic E-state index is 12.2. The summed E-state index contributed by atoms with van der Waals surface area (Å²) < 4.78 is 0. The lowest BCUT2D eigenvalue weighted by molar-refractivity contribution is -0.111. The molecule has 0 unspecified atom stereocenters. The minimum absolute atomic E-state index is 0.258. The molecule has 0 fully saturated rings. The van der Waals surface area contributed by atoms with Crippen LogP contribution in [-0.2, 0) is 17.6 Å². The molecule has 1 heterocycles. The number of primary amides is 1. The molecule has 0 saturated heterocycles. The zero-order chi connectivity index (χ0) is 17.1. The second-order valence-corrected chi connectivity index (χ2v) is 7.51. The molecule has 0 aliphatic heterocycles. The molecule has 2 aromatic rings. The Bertz CT molecular complexity index is 807. The van der Waals surface area contributed by atoms with Gasteiger partial charge < -0.3 is 11.1 Å². The highest BCUT2D eigenvalue weighted by Gasteiger charge is 2.25. The smallest absolute Gasteiger partial charge is 0.251 e. The number of rotatable bonds is 5. The summed E-state index contributed by atoms with van der Waals surface area (Å²) in [4.78, 5) is 26.2. The van der Waals surface area contributed by atoms with Crippen molar-refractivity contribution in [3.05, 3.63) is 51.9 Å². The lowest BCUT2D eigenvalue weighted by Gasteiger charge is -2.03. The van der Waals surface area contributed by atoms with Crippen LogP contribution in [-0.4, -0.2) is 18.1 Å². The number of fused-ring (bicyclic) bond motifs is 1. The Morgan fingerprint density at radius 1 is 1.25 bits per heavy atom. The zero-order valence-electron chi connectivity index (χ0n) is 13.3. The van der Waals surface area contributed by atoms with Gasteiger partial charge in [-0.25, -0.2) is 0 Å².